The lowest BCUT2D eigenvalue weighted by molar-refractivity contribution is -0.131. The van der Waals surface area contributed by atoms with Gasteiger partial charge < -0.3 is 29.4 Å². The number of hydrogen-bond donors (Lipinski definition) is 2. The van der Waals surface area contributed by atoms with E-state index in [1.165, 1.54) is 0 Å². The van der Waals surface area contributed by atoms with E-state index in [0.29, 0.717) is 77.7 Å². The molecule has 0 saturated carbocycles. The molecule has 0 aliphatic carbocycles. The SMILES string of the molecule is CCc1cc(NC(=O)C(=O)c2c(-c3ccccc3)cc(C)n2C)cc(-c2c(C)c(-c3ccccc3)c(C(=O)C(=O)O)n2C)c1N1CCN(c2ncc(F)cn2)CC1. The molecule has 1 aliphatic heterocycles. The first kappa shape index (κ1) is 38.4. The maximum Gasteiger partial charge on any atom is 0.378 e. The summed E-state index contributed by atoms with van der Waals surface area (Å²) in [6.07, 6.45) is 2.81. The van der Waals surface area contributed by atoms with E-state index in [9.17, 15) is 28.7 Å². The number of nitrogens with zero attached hydrogens (tertiary/aromatic N) is 6. The van der Waals surface area contributed by atoms with Crippen molar-refractivity contribution in [2.24, 2.45) is 14.1 Å². The second kappa shape index (κ2) is 15.7. The Kier molecular flexibility index (Phi) is 10.6. The smallest absolute Gasteiger partial charge is 0.378 e. The van der Waals surface area contributed by atoms with E-state index in [1.54, 1.807) is 29.3 Å². The van der Waals surface area contributed by atoms with Gasteiger partial charge in [-0.3, -0.25) is 14.4 Å². The van der Waals surface area contributed by atoms with Gasteiger partial charge in [0.25, 0.3) is 17.5 Å². The number of carboxylic acids is 1. The summed E-state index contributed by atoms with van der Waals surface area (Å²) in [6.45, 7) is 7.81. The van der Waals surface area contributed by atoms with Crippen molar-refractivity contribution >= 4 is 40.8 Å². The molecule has 0 radical (unpaired) electrons. The number of piperazine rings is 1. The number of Topliss-reactive ketones (excluding diaryl/α,β-unsaturated/α-hetero) is 2. The second-order valence-corrected chi connectivity index (χ2v) is 14.1. The number of hydrogen-bond acceptors (Lipinski definition) is 8. The van der Waals surface area contributed by atoms with Crippen LogP contribution in [0.4, 0.5) is 21.7 Å². The molecular formula is C44H42FN7O5. The third-order valence-corrected chi connectivity index (χ3v) is 10.7. The minimum absolute atomic E-state index is 0.0145. The largest absolute Gasteiger partial charge is 0.475 e. The van der Waals surface area contributed by atoms with Crippen LogP contribution in [0.3, 0.4) is 0 Å². The van der Waals surface area contributed by atoms with Gasteiger partial charge in [0.05, 0.1) is 18.1 Å². The first-order valence-electron chi connectivity index (χ1n) is 18.6. The highest BCUT2D eigenvalue weighted by Gasteiger charge is 2.33. The first-order chi connectivity index (χ1) is 27.4. The maximum atomic E-state index is 14.0. The van der Waals surface area contributed by atoms with Gasteiger partial charge in [-0.1, -0.05) is 67.6 Å². The summed E-state index contributed by atoms with van der Waals surface area (Å²) in [5.41, 5.74) is 7.66. The topological polar surface area (TPSA) is 143 Å². The second-order valence-electron chi connectivity index (χ2n) is 14.1. The van der Waals surface area contributed by atoms with Crippen molar-refractivity contribution in [1.29, 1.82) is 0 Å². The fourth-order valence-corrected chi connectivity index (χ4v) is 7.86. The van der Waals surface area contributed by atoms with Gasteiger partial charge in [-0.2, -0.15) is 0 Å². The third kappa shape index (κ3) is 7.19. The molecule has 1 saturated heterocycles. The number of nitrogens with one attached hydrogen (secondary N) is 1. The van der Waals surface area contributed by atoms with Crippen molar-refractivity contribution < 1.29 is 28.7 Å². The first-order valence-corrected chi connectivity index (χ1v) is 18.6. The fraction of sp³-hybridized carbons (Fsp3) is 0.227. The summed E-state index contributed by atoms with van der Waals surface area (Å²) < 4.78 is 17.0. The summed E-state index contributed by atoms with van der Waals surface area (Å²) >= 11 is 0. The van der Waals surface area contributed by atoms with E-state index in [4.69, 9.17) is 0 Å². The van der Waals surface area contributed by atoms with E-state index in [1.807, 2.05) is 98.5 Å². The molecule has 290 valence electrons. The van der Waals surface area contributed by atoms with Gasteiger partial charge in [0.15, 0.2) is 5.82 Å². The van der Waals surface area contributed by atoms with Crippen LogP contribution in [0.2, 0.25) is 0 Å². The lowest BCUT2D eigenvalue weighted by Crippen LogP contribution is -2.47. The van der Waals surface area contributed by atoms with Gasteiger partial charge in [0.1, 0.15) is 11.4 Å². The molecule has 0 atom stereocenters. The summed E-state index contributed by atoms with van der Waals surface area (Å²) in [4.78, 5) is 66.3. The lowest BCUT2D eigenvalue weighted by Gasteiger charge is -2.38. The molecule has 3 aromatic heterocycles. The number of carbonyl (C=O) groups is 4. The number of aryl methyl sites for hydroxylation is 2. The van der Waals surface area contributed by atoms with Gasteiger partial charge >= 0.3 is 5.97 Å². The monoisotopic (exact) mass is 767 g/mol. The highest BCUT2D eigenvalue weighted by molar-refractivity contribution is 6.47. The quantitative estimate of drug-likeness (QED) is 0.107. The van der Waals surface area contributed by atoms with Gasteiger partial charge in [0.2, 0.25) is 5.95 Å². The normalized spacial score (nSPS) is 12.8. The Hall–Kier alpha value is -6.89. The van der Waals surface area contributed by atoms with Crippen LogP contribution in [-0.2, 0) is 30.1 Å². The molecule has 4 heterocycles. The highest BCUT2D eigenvalue weighted by atomic mass is 19.1. The molecule has 0 bridgehead atoms. The Labute approximate surface area is 329 Å². The Morgan fingerprint density at radius 2 is 1.35 bits per heavy atom. The zero-order valence-electron chi connectivity index (χ0n) is 32.3. The van der Waals surface area contributed by atoms with E-state index >= 15 is 0 Å². The van der Waals surface area contributed by atoms with Crippen molar-refractivity contribution in [2.45, 2.75) is 27.2 Å². The lowest BCUT2D eigenvalue weighted by atomic mass is 9.94. The fourth-order valence-electron chi connectivity index (χ4n) is 7.86. The number of aromatic nitrogens is 4. The summed E-state index contributed by atoms with van der Waals surface area (Å²) in [5, 5.41) is 12.9. The minimum atomic E-state index is -1.58. The molecule has 3 aromatic carbocycles. The molecule has 6 aromatic rings. The average Bonchev–Trinajstić information content (AvgIpc) is 3.67. The van der Waals surface area contributed by atoms with Crippen molar-refractivity contribution in [3.05, 3.63) is 125 Å². The van der Waals surface area contributed by atoms with Gasteiger partial charge in [0, 0.05) is 74.0 Å². The summed E-state index contributed by atoms with van der Waals surface area (Å²) in [7, 11) is 3.42. The molecule has 57 heavy (non-hydrogen) atoms. The third-order valence-electron chi connectivity index (χ3n) is 10.7. The molecular weight excluding hydrogens is 726 g/mol. The van der Waals surface area contributed by atoms with Gasteiger partial charge in [-0.15, -0.1) is 0 Å². The average molecular weight is 768 g/mol. The number of halogens is 1. The van der Waals surface area contributed by atoms with E-state index in [0.717, 1.165) is 34.9 Å². The van der Waals surface area contributed by atoms with Crippen molar-refractivity contribution in [1.82, 2.24) is 19.1 Å². The Balaban J connectivity index is 1.36. The Morgan fingerprint density at radius 1 is 0.754 bits per heavy atom. The molecule has 0 unspecified atom stereocenters. The number of aliphatic carboxylic acids is 1. The van der Waals surface area contributed by atoms with Crippen LogP contribution in [0, 0.1) is 19.7 Å². The molecule has 0 spiro atoms. The van der Waals surface area contributed by atoms with Crippen molar-refractivity contribution in [3.8, 4) is 33.5 Å². The predicted octanol–water partition coefficient (Wildman–Crippen LogP) is 6.89. The Morgan fingerprint density at radius 3 is 1.95 bits per heavy atom. The van der Waals surface area contributed by atoms with Crippen LogP contribution in [0.5, 0.6) is 0 Å². The van der Waals surface area contributed by atoms with Crippen molar-refractivity contribution in [2.75, 3.05) is 41.3 Å². The number of ketones is 2. The number of anilines is 3. The molecule has 1 fully saturated rings. The highest BCUT2D eigenvalue weighted by Crippen LogP contribution is 2.44. The molecule has 2 N–H and O–H groups in total. The van der Waals surface area contributed by atoms with Crippen LogP contribution in [0.1, 0.15) is 44.7 Å². The van der Waals surface area contributed by atoms with Crippen LogP contribution in [-0.4, -0.2) is 73.8 Å². The van der Waals surface area contributed by atoms with E-state index in [2.05, 4.69) is 20.2 Å². The van der Waals surface area contributed by atoms with E-state index < -0.39 is 29.3 Å². The minimum Gasteiger partial charge on any atom is -0.475 e. The van der Waals surface area contributed by atoms with Gasteiger partial charge in [-0.25, -0.2) is 19.2 Å². The van der Waals surface area contributed by atoms with Gasteiger partial charge in [-0.05, 0) is 60.7 Å². The molecule has 7 rings (SSSR count). The zero-order chi connectivity index (χ0) is 40.5. The summed E-state index contributed by atoms with van der Waals surface area (Å²) in [5.74, 6) is -4.27. The number of amides is 1. The number of benzene rings is 3. The molecule has 1 amide bonds. The molecule has 12 nitrogen and oxygen atoms in total. The number of carboxylic acid groups (broad SMARTS) is 1. The number of rotatable bonds is 11. The molecule has 13 heteroatoms. The van der Waals surface area contributed by atoms with Crippen LogP contribution < -0.4 is 15.1 Å². The van der Waals surface area contributed by atoms with Crippen LogP contribution in [0.15, 0.2) is 91.3 Å². The Bertz CT molecular complexity index is 2520. The summed E-state index contributed by atoms with van der Waals surface area (Å²) in [6, 6.07) is 24.1. The van der Waals surface area contributed by atoms with Crippen LogP contribution in [0.25, 0.3) is 33.5 Å². The maximum absolute atomic E-state index is 14.0. The van der Waals surface area contributed by atoms with E-state index in [-0.39, 0.29) is 11.4 Å². The van der Waals surface area contributed by atoms with Crippen LogP contribution >= 0.6 is 0 Å². The molecule has 1 aliphatic rings. The van der Waals surface area contributed by atoms with Crippen molar-refractivity contribution in [3.63, 3.8) is 0 Å². The zero-order valence-corrected chi connectivity index (χ0v) is 32.3. The standard InChI is InChI=1S/C44H42FN7O5/c1-6-28-22-32(48-42(55)40(53)38-33(21-26(2)49(38)4)29-13-9-7-10-14-29)23-34(37(28)51-17-19-52(20-18-51)44-46-24-31(45)25-47-44)36-27(3)35(30-15-11-8-12-16-30)39(50(36)5)41(54)43(56)57/h7-16,21-25H,6,17-20H2,1-5H3,(H,48,55)(H,56,57). The number of carbonyl (C=O) groups excluding carboxylic acids is 3. The predicted molar refractivity (Wildman–Crippen MR) is 217 cm³/mol.